The van der Waals surface area contributed by atoms with Crippen molar-refractivity contribution in [2.45, 2.75) is 40.0 Å². The third-order valence-electron chi connectivity index (χ3n) is 2.77. The van der Waals surface area contributed by atoms with Crippen LogP contribution in [0.3, 0.4) is 0 Å². The van der Waals surface area contributed by atoms with Gasteiger partial charge in [-0.05, 0) is 18.3 Å². The first-order valence-electron chi connectivity index (χ1n) is 5.07. The standard InChI is InChI=1S/C11H18O2/c1-7(2)10(6-9-4-5-9)11(13)8(3)12/h7,9-10H,4-6H2,1-3H3. The van der Waals surface area contributed by atoms with Gasteiger partial charge in [0.2, 0.25) is 5.78 Å². The zero-order chi connectivity index (χ0) is 10.0. The quantitative estimate of drug-likeness (QED) is 0.611. The number of carbonyl (C=O) groups is 2. The summed E-state index contributed by atoms with van der Waals surface area (Å²) in [6, 6.07) is 0. The van der Waals surface area contributed by atoms with E-state index in [1.165, 1.54) is 19.8 Å². The Labute approximate surface area is 79.7 Å². The minimum atomic E-state index is -0.278. The fraction of sp³-hybridized carbons (Fsp3) is 0.818. The van der Waals surface area contributed by atoms with Gasteiger partial charge in [-0.1, -0.05) is 26.7 Å². The summed E-state index contributed by atoms with van der Waals surface area (Å²) < 4.78 is 0. The van der Waals surface area contributed by atoms with Gasteiger partial charge in [0.25, 0.3) is 0 Å². The second-order valence-electron chi connectivity index (χ2n) is 4.45. The molecule has 1 aliphatic carbocycles. The van der Waals surface area contributed by atoms with E-state index in [2.05, 4.69) is 0 Å². The molecule has 2 heteroatoms. The zero-order valence-electron chi connectivity index (χ0n) is 8.67. The second-order valence-corrected chi connectivity index (χ2v) is 4.45. The van der Waals surface area contributed by atoms with E-state index >= 15 is 0 Å². The summed E-state index contributed by atoms with van der Waals surface area (Å²) in [5, 5.41) is 0. The number of hydrogen-bond acceptors (Lipinski definition) is 2. The molecule has 0 N–H and O–H groups in total. The van der Waals surface area contributed by atoms with Crippen molar-refractivity contribution in [1.82, 2.24) is 0 Å². The maximum atomic E-state index is 11.5. The highest BCUT2D eigenvalue weighted by Crippen LogP contribution is 2.37. The van der Waals surface area contributed by atoms with Gasteiger partial charge in [-0.3, -0.25) is 9.59 Å². The van der Waals surface area contributed by atoms with E-state index in [1.54, 1.807) is 0 Å². The summed E-state index contributed by atoms with van der Waals surface area (Å²) >= 11 is 0. The molecule has 74 valence electrons. The molecule has 0 bridgehead atoms. The van der Waals surface area contributed by atoms with Gasteiger partial charge in [0.05, 0.1) is 0 Å². The van der Waals surface area contributed by atoms with Crippen LogP contribution in [0.5, 0.6) is 0 Å². The molecule has 2 nitrogen and oxygen atoms in total. The Morgan fingerprint density at radius 1 is 1.31 bits per heavy atom. The van der Waals surface area contributed by atoms with E-state index in [0.717, 1.165) is 12.3 Å². The third kappa shape index (κ3) is 2.94. The molecule has 0 radical (unpaired) electrons. The molecule has 0 aromatic carbocycles. The number of hydrogen-bond donors (Lipinski definition) is 0. The normalized spacial score (nSPS) is 18.8. The minimum absolute atomic E-state index is 0.0231. The lowest BCUT2D eigenvalue weighted by Crippen LogP contribution is -2.26. The molecule has 1 atom stereocenters. The summed E-state index contributed by atoms with van der Waals surface area (Å²) in [6.45, 7) is 5.42. The molecule has 0 aromatic rings. The molecule has 13 heavy (non-hydrogen) atoms. The fourth-order valence-corrected chi connectivity index (χ4v) is 1.66. The number of ketones is 2. The van der Waals surface area contributed by atoms with Crippen molar-refractivity contribution in [3.8, 4) is 0 Å². The summed E-state index contributed by atoms with van der Waals surface area (Å²) in [5.74, 6) is 0.555. The molecule has 1 fully saturated rings. The molecule has 0 heterocycles. The Kier molecular flexibility index (Phi) is 3.23. The van der Waals surface area contributed by atoms with E-state index in [-0.39, 0.29) is 17.5 Å². The summed E-state index contributed by atoms with van der Waals surface area (Å²) in [6.07, 6.45) is 3.42. The average molecular weight is 182 g/mol. The van der Waals surface area contributed by atoms with Crippen molar-refractivity contribution >= 4 is 11.6 Å². The van der Waals surface area contributed by atoms with Crippen molar-refractivity contribution in [3.63, 3.8) is 0 Å². The summed E-state index contributed by atoms with van der Waals surface area (Å²) in [5.41, 5.74) is 0. The van der Waals surface area contributed by atoms with Crippen LogP contribution in [0, 0.1) is 17.8 Å². The Morgan fingerprint density at radius 3 is 2.15 bits per heavy atom. The van der Waals surface area contributed by atoms with Gasteiger partial charge in [-0.15, -0.1) is 0 Å². The highest BCUT2D eigenvalue weighted by Gasteiger charge is 2.32. The number of carbonyl (C=O) groups excluding carboxylic acids is 2. The molecule has 1 aliphatic rings. The molecule has 0 amide bonds. The maximum absolute atomic E-state index is 11.5. The van der Waals surface area contributed by atoms with Crippen LogP contribution in [0.15, 0.2) is 0 Å². The highest BCUT2D eigenvalue weighted by molar-refractivity contribution is 6.37. The van der Waals surface area contributed by atoms with Crippen molar-refractivity contribution in [2.75, 3.05) is 0 Å². The Bertz CT molecular complexity index is 214. The lowest BCUT2D eigenvalue weighted by Gasteiger charge is -2.17. The highest BCUT2D eigenvalue weighted by atomic mass is 16.2. The first kappa shape index (κ1) is 10.4. The van der Waals surface area contributed by atoms with Crippen LogP contribution >= 0.6 is 0 Å². The molecular formula is C11H18O2. The Hall–Kier alpha value is -0.660. The van der Waals surface area contributed by atoms with Crippen LogP contribution < -0.4 is 0 Å². The van der Waals surface area contributed by atoms with Gasteiger partial charge in [0.1, 0.15) is 0 Å². The second kappa shape index (κ2) is 4.03. The number of Topliss-reactive ketones (excluding diaryl/α,β-unsaturated/α-hetero) is 2. The van der Waals surface area contributed by atoms with Crippen molar-refractivity contribution in [3.05, 3.63) is 0 Å². The van der Waals surface area contributed by atoms with Crippen LogP contribution in [-0.4, -0.2) is 11.6 Å². The van der Waals surface area contributed by atoms with Gasteiger partial charge < -0.3 is 0 Å². The Balaban J connectivity index is 2.54. The Morgan fingerprint density at radius 2 is 1.85 bits per heavy atom. The third-order valence-corrected chi connectivity index (χ3v) is 2.77. The molecular weight excluding hydrogens is 164 g/mol. The van der Waals surface area contributed by atoms with Crippen LogP contribution in [0.25, 0.3) is 0 Å². The van der Waals surface area contributed by atoms with Crippen molar-refractivity contribution < 1.29 is 9.59 Å². The first-order chi connectivity index (χ1) is 6.02. The van der Waals surface area contributed by atoms with Crippen molar-refractivity contribution in [1.29, 1.82) is 0 Å². The first-order valence-corrected chi connectivity index (χ1v) is 5.07. The fourth-order valence-electron chi connectivity index (χ4n) is 1.66. The molecule has 0 spiro atoms. The SMILES string of the molecule is CC(=O)C(=O)C(CC1CC1)C(C)C. The predicted octanol–water partition coefficient (Wildman–Crippen LogP) is 2.22. The van der Waals surface area contributed by atoms with Crippen LogP contribution in [0.1, 0.15) is 40.0 Å². The predicted molar refractivity (Wildman–Crippen MR) is 51.4 cm³/mol. The lowest BCUT2D eigenvalue weighted by molar-refractivity contribution is -0.138. The molecule has 1 rings (SSSR count). The van der Waals surface area contributed by atoms with Gasteiger partial charge in [-0.25, -0.2) is 0 Å². The molecule has 0 saturated heterocycles. The largest absolute Gasteiger partial charge is 0.291 e. The van der Waals surface area contributed by atoms with E-state index < -0.39 is 0 Å². The van der Waals surface area contributed by atoms with Gasteiger partial charge in [0.15, 0.2) is 5.78 Å². The minimum Gasteiger partial charge on any atom is -0.291 e. The lowest BCUT2D eigenvalue weighted by atomic mass is 9.85. The van der Waals surface area contributed by atoms with Crippen molar-refractivity contribution in [2.24, 2.45) is 17.8 Å². The van der Waals surface area contributed by atoms with E-state index in [4.69, 9.17) is 0 Å². The van der Waals surface area contributed by atoms with E-state index in [9.17, 15) is 9.59 Å². The zero-order valence-corrected chi connectivity index (χ0v) is 8.67. The molecule has 0 aliphatic heterocycles. The monoisotopic (exact) mass is 182 g/mol. The van der Waals surface area contributed by atoms with Crippen LogP contribution in [0.2, 0.25) is 0 Å². The van der Waals surface area contributed by atoms with Gasteiger partial charge in [0, 0.05) is 12.8 Å². The maximum Gasteiger partial charge on any atom is 0.201 e. The molecule has 0 aromatic heterocycles. The summed E-state index contributed by atoms with van der Waals surface area (Å²) in [4.78, 5) is 22.4. The van der Waals surface area contributed by atoms with E-state index in [0.29, 0.717) is 5.92 Å². The van der Waals surface area contributed by atoms with Crippen LogP contribution in [-0.2, 0) is 9.59 Å². The van der Waals surface area contributed by atoms with Crippen LogP contribution in [0.4, 0.5) is 0 Å². The van der Waals surface area contributed by atoms with Gasteiger partial charge in [-0.2, -0.15) is 0 Å². The molecule has 1 saturated carbocycles. The molecule has 1 unspecified atom stereocenters. The van der Waals surface area contributed by atoms with Gasteiger partial charge >= 0.3 is 0 Å². The summed E-state index contributed by atoms with van der Waals surface area (Å²) in [7, 11) is 0. The topological polar surface area (TPSA) is 34.1 Å². The van der Waals surface area contributed by atoms with E-state index in [1.807, 2.05) is 13.8 Å². The average Bonchev–Trinajstić information content (AvgIpc) is 2.81. The number of rotatable bonds is 5. The smallest absolute Gasteiger partial charge is 0.201 e.